The van der Waals surface area contributed by atoms with Crippen LogP contribution < -0.4 is 5.32 Å². The first-order valence-electron chi connectivity index (χ1n) is 9.97. The number of anilines is 1. The molecule has 1 N–H and O–H groups in total. The Bertz CT molecular complexity index is 1400. The predicted octanol–water partition coefficient (Wildman–Crippen LogP) is 3.05. The number of aryl methyl sites for hydroxylation is 2. The number of carbonyl (C=O) groups excluding carboxylic acids is 1. The summed E-state index contributed by atoms with van der Waals surface area (Å²) in [6.07, 6.45) is 2.43. The van der Waals surface area contributed by atoms with Crippen molar-refractivity contribution in [1.29, 1.82) is 0 Å². The van der Waals surface area contributed by atoms with Crippen molar-refractivity contribution in [3.63, 3.8) is 0 Å². The Hall–Kier alpha value is -4.14. The Morgan fingerprint density at radius 2 is 1.97 bits per heavy atom. The van der Waals surface area contributed by atoms with Crippen LogP contribution in [0.3, 0.4) is 0 Å². The lowest BCUT2D eigenvalue weighted by Gasteiger charge is -2.11. The molecule has 0 saturated heterocycles. The number of nitrogens with zero attached hydrogens (tertiary/aromatic N) is 7. The van der Waals surface area contributed by atoms with E-state index in [0.717, 1.165) is 39.2 Å². The molecule has 0 aliphatic heterocycles. The topological polar surface area (TPSA) is 103 Å². The minimum absolute atomic E-state index is 0.0709. The van der Waals surface area contributed by atoms with Crippen LogP contribution >= 0.6 is 0 Å². The number of hydrogen-bond donors (Lipinski definition) is 1. The number of benzene rings is 2. The molecule has 0 bridgehead atoms. The molecule has 3 heterocycles. The van der Waals surface area contributed by atoms with Crippen LogP contribution in [-0.2, 0) is 11.2 Å². The fourth-order valence-corrected chi connectivity index (χ4v) is 3.81. The number of nitrogens with one attached hydrogen (secondary N) is 1. The fraction of sp³-hybridized carbons (Fsp3) is 0.182. The van der Waals surface area contributed by atoms with Gasteiger partial charge in [0.25, 0.3) is 0 Å². The van der Waals surface area contributed by atoms with E-state index in [2.05, 4.69) is 25.9 Å². The first-order valence-corrected chi connectivity index (χ1v) is 9.97. The lowest BCUT2D eigenvalue weighted by Crippen LogP contribution is -2.14. The molecule has 0 saturated carbocycles. The average Bonchev–Trinajstić information content (AvgIpc) is 3.42. The molecule has 0 aliphatic rings. The summed E-state index contributed by atoms with van der Waals surface area (Å²) in [4.78, 5) is 17.4. The van der Waals surface area contributed by atoms with Crippen LogP contribution in [0.15, 0.2) is 54.9 Å². The van der Waals surface area contributed by atoms with E-state index in [1.54, 1.807) is 0 Å². The molecule has 9 heteroatoms. The Kier molecular flexibility index (Phi) is 4.62. The van der Waals surface area contributed by atoms with E-state index in [9.17, 15) is 4.79 Å². The van der Waals surface area contributed by atoms with Crippen LogP contribution in [0, 0.1) is 13.8 Å². The summed E-state index contributed by atoms with van der Waals surface area (Å²) in [7, 11) is 0. The van der Waals surface area contributed by atoms with Crippen molar-refractivity contribution in [2.75, 3.05) is 5.32 Å². The third-order valence-electron chi connectivity index (χ3n) is 5.36. The maximum atomic E-state index is 12.6. The molecular weight excluding hydrogens is 392 g/mol. The molecule has 0 fully saturated rings. The van der Waals surface area contributed by atoms with Gasteiger partial charge in [-0.15, -0.1) is 5.10 Å². The van der Waals surface area contributed by atoms with E-state index in [-0.39, 0.29) is 5.91 Å². The number of hydrogen-bond acceptors (Lipinski definition) is 6. The highest BCUT2D eigenvalue weighted by Gasteiger charge is 2.15. The Balaban J connectivity index is 1.34. The van der Waals surface area contributed by atoms with Gasteiger partial charge in [-0.3, -0.25) is 4.79 Å². The van der Waals surface area contributed by atoms with E-state index < -0.39 is 0 Å². The maximum Gasteiger partial charge on any atom is 0.224 e. The number of fused-ring (bicyclic) bond motifs is 3. The molecule has 5 rings (SSSR count). The Morgan fingerprint density at radius 1 is 1.10 bits per heavy atom. The molecule has 31 heavy (non-hydrogen) atoms. The molecule has 9 nitrogen and oxygen atoms in total. The van der Waals surface area contributed by atoms with Crippen LogP contribution in [0.2, 0.25) is 0 Å². The van der Waals surface area contributed by atoms with Gasteiger partial charge < -0.3 is 5.32 Å². The second-order valence-corrected chi connectivity index (χ2v) is 7.37. The molecule has 0 aliphatic carbocycles. The second-order valence-electron chi connectivity index (χ2n) is 7.37. The summed E-state index contributed by atoms with van der Waals surface area (Å²) in [6, 6.07) is 15.4. The lowest BCUT2D eigenvalue weighted by atomic mass is 10.1. The quantitative estimate of drug-likeness (QED) is 0.476. The maximum absolute atomic E-state index is 12.6. The van der Waals surface area contributed by atoms with Gasteiger partial charge in [-0.2, -0.15) is 5.10 Å². The van der Waals surface area contributed by atoms with Crippen LogP contribution in [0.1, 0.15) is 23.4 Å². The van der Waals surface area contributed by atoms with E-state index in [4.69, 9.17) is 4.98 Å². The number of amides is 1. The minimum atomic E-state index is -0.0709. The zero-order chi connectivity index (χ0) is 21.4. The van der Waals surface area contributed by atoms with Crippen LogP contribution in [0.4, 0.5) is 5.69 Å². The van der Waals surface area contributed by atoms with Crippen LogP contribution in [0.25, 0.3) is 22.2 Å². The predicted molar refractivity (Wildman–Crippen MR) is 116 cm³/mol. The van der Waals surface area contributed by atoms with Gasteiger partial charge in [-0.05, 0) is 66.6 Å². The van der Waals surface area contributed by atoms with Gasteiger partial charge in [-0.1, -0.05) is 18.2 Å². The first-order chi connectivity index (χ1) is 15.1. The third kappa shape index (κ3) is 3.50. The highest BCUT2D eigenvalue weighted by molar-refractivity contribution is 5.92. The Labute approximate surface area is 177 Å². The highest BCUT2D eigenvalue weighted by atomic mass is 16.1. The number of rotatable bonds is 5. The van der Waals surface area contributed by atoms with E-state index >= 15 is 0 Å². The lowest BCUT2D eigenvalue weighted by molar-refractivity contribution is -0.116. The van der Waals surface area contributed by atoms with Crippen molar-refractivity contribution in [1.82, 2.24) is 34.8 Å². The van der Waals surface area contributed by atoms with Gasteiger partial charge in [0.05, 0.1) is 11.2 Å². The summed E-state index contributed by atoms with van der Waals surface area (Å²) < 4.78 is 3.41. The number of carbonyl (C=O) groups is 1. The largest absolute Gasteiger partial charge is 0.326 e. The smallest absolute Gasteiger partial charge is 0.224 e. The minimum Gasteiger partial charge on any atom is -0.326 e. The van der Waals surface area contributed by atoms with Gasteiger partial charge in [0.1, 0.15) is 6.33 Å². The normalized spacial score (nSPS) is 11.3. The highest BCUT2D eigenvalue weighted by Crippen LogP contribution is 2.23. The molecule has 1 amide bonds. The van der Waals surface area contributed by atoms with Gasteiger partial charge in [0, 0.05) is 28.9 Å². The summed E-state index contributed by atoms with van der Waals surface area (Å²) in [6.45, 7) is 4.01. The fourth-order valence-electron chi connectivity index (χ4n) is 3.81. The Morgan fingerprint density at radius 3 is 2.81 bits per heavy atom. The van der Waals surface area contributed by atoms with E-state index in [1.807, 2.05) is 66.9 Å². The summed E-state index contributed by atoms with van der Waals surface area (Å²) in [5, 5.41) is 19.8. The molecule has 2 aromatic carbocycles. The standard InChI is InChI=1S/C22H20N8O/c1-14-18(15(2)30-22(24-14)19-8-3-4-9-20(19)26-30)10-11-21(31)25-16-6-5-7-17(12-16)29-13-23-27-28-29/h3-9,12-13H,10-11H2,1-2H3,(H,25,31). The zero-order valence-electron chi connectivity index (χ0n) is 17.1. The monoisotopic (exact) mass is 412 g/mol. The van der Waals surface area contributed by atoms with Crippen LogP contribution in [0.5, 0.6) is 0 Å². The van der Waals surface area contributed by atoms with Gasteiger partial charge in [0.15, 0.2) is 5.65 Å². The third-order valence-corrected chi connectivity index (χ3v) is 5.36. The van der Waals surface area contributed by atoms with Crippen molar-refractivity contribution in [2.24, 2.45) is 0 Å². The second kappa shape index (κ2) is 7.60. The number of aromatic nitrogens is 7. The molecule has 154 valence electrons. The molecule has 0 radical (unpaired) electrons. The number of tetrazole rings is 1. The van der Waals surface area contributed by atoms with E-state index in [1.165, 1.54) is 11.0 Å². The summed E-state index contributed by atoms with van der Waals surface area (Å²) in [5.74, 6) is -0.0709. The van der Waals surface area contributed by atoms with Crippen LogP contribution in [-0.4, -0.2) is 40.7 Å². The SMILES string of the molecule is Cc1nc2c3ccccc3nn2c(C)c1CCC(=O)Nc1cccc(-n2cnnn2)c1. The van der Waals surface area contributed by atoms with Gasteiger partial charge >= 0.3 is 0 Å². The molecule has 0 spiro atoms. The van der Waals surface area contributed by atoms with Crippen molar-refractivity contribution in [3.8, 4) is 5.69 Å². The van der Waals surface area contributed by atoms with Crippen molar-refractivity contribution < 1.29 is 4.79 Å². The van der Waals surface area contributed by atoms with Crippen molar-refractivity contribution in [2.45, 2.75) is 26.7 Å². The summed E-state index contributed by atoms with van der Waals surface area (Å²) >= 11 is 0. The summed E-state index contributed by atoms with van der Waals surface area (Å²) in [5.41, 5.74) is 6.19. The molecule has 0 atom stereocenters. The molecule has 0 unspecified atom stereocenters. The van der Waals surface area contributed by atoms with Gasteiger partial charge in [-0.25, -0.2) is 14.2 Å². The molecule has 3 aromatic heterocycles. The van der Waals surface area contributed by atoms with Crippen molar-refractivity contribution >= 4 is 28.1 Å². The zero-order valence-corrected chi connectivity index (χ0v) is 17.1. The average molecular weight is 412 g/mol. The first kappa shape index (κ1) is 18.9. The van der Waals surface area contributed by atoms with E-state index in [0.29, 0.717) is 18.5 Å². The molecule has 5 aromatic rings. The van der Waals surface area contributed by atoms with Crippen molar-refractivity contribution in [3.05, 3.63) is 71.8 Å². The molecular formula is C22H20N8O. The van der Waals surface area contributed by atoms with Gasteiger partial charge in [0.2, 0.25) is 5.91 Å².